The number of fused-ring (bicyclic) bond motifs is 1. The third-order valence-corrected chi connectivity index (χ3v) is 8.26. The first-order chi connectivity index (χ1) is 21.5. The predicted octanol–water partition coefficient (Wildman–Crippen LogP) is 7.37. The van der Waals surface area contributed by atoms with Gasteiger partial charge in [-0.25, -0.2) is 23.5 Å². The topological polar surface area (TPSA) is 110 Å². The number of carboxylic acid groups (broad SMARTS) is 1. The average Bonchev–Trinajstić information content (AvgIpc) is 3.55. The van der Waals surface area contributed by atoms with E-state index >= 15 is 8.78 Å². The molecule has 6 rings (SSSR count). The SMILES string of the molecule is CC1(C)COC[C@H]1n1c(Cc2cc(F)c(-c3cccc(OCc4ccc(Cl)cc4C#N)n3)cc2F)nc2ccc(C(=O)O)cc21. The zero-order chi connectivity index (χ0) is 31.9. The Bertz CT molecular complexity index is 2000. The molecular formula is C34H27ClF2N4O4. The number of nitriles is 1. The number of nitrogens with zero attached hydrogens (tertiary/aromatic N) is 4. The summed E-state index contributed by atoms with van der Waals surface area (Å²) in [7, 11) is 0. The first-order valence-electron chi connectivity index (χ1n) is 14.1. The largest absolute Gasteiger partial charge is 0.478 e. The van der Waals surface area contributed by atoms with Gasteiger partial charge in [0.15, 0.2) is 0 Å². The lowest BCUT2D eigenvalue weighted by atomic mass is 9.87. The number of ether oxygens (including phenoxy) is 2. The van der Waals surface area contributed by atoms with E-state index in [2.05, 4.69) is 11.1 Å². The molecule has 1 N–H and O–H groups in total. The molecule has 1 aliphatic rings. The van der Waals surface area contributed by atoms with Crippen molar-refractivity contribution in [1.82, 2.24) is 14.5 Å². The highest BCUT2D eigenvalue weighted by Gasteiger charge is 2.39. The van der Waals surface area contributed by atoms with Crippen LogP contribution in [0.2, 0.25) is 5.02 Å². The van der Waals surface area contributed by atoms with Gasteiger partial charge in [-0.1, -0.05) is 37.6 Å². The van der Waals surface area contributed by atoms with Crippen molar-refractivity contribution in [2.24, 2.45) is 5.41 Å². The number of benzene rings is 3. The summed E-state index contributed by atoms with van der Waals surface area (Å²) < 4.78 is 44.7. The zero-order valence-electron chi connectivity index (χ0n) is 24.4. The fourth-order valence-corrected chi connectivity index (χ4v) is 5.77. The van der Waals surface area contributed by atoms with Crippen LogP contribution in [-0.2, 0) is 17.8 Å². The summed E-state index contributed by atoms with van der Waals surface area (Å²) in [5.74, 6) is -1.76. The van der Waals surface area contributed by atoms with Gasteiger partial charge in [0, 0.05) is 34.1 Å². The molecule has 3 heterocycles. The molecule has 0 unspecified atom stereocenters. The Hall–Kier alpha value is -4.85. The second kappa shape index (κ2) is 11.9. The number of hydrogen-bond acceptors (Lipinski definition) is 6. The molecule has 3 aromatic carbocycles. The van der Waals surface area contributed by atoms with E-state index in [0.717, 1.165) is 12.1 Å². The standard InChI is InChI=1S/C34H27ClF2N4O4/c1-34(2)18-44-17-30(34)41-29-12-19(33(42)43)7-9-28(29)39-31(41)13-21-11-26(37)24(14-25(21)36)27-4-3-5-32(40-27)45-16-20-6-8-23(35)10-22(20)15-38/h3-12,14,30H,13,16-18H2,1-2H3,(H,42,43)/t30-/m1/s1. The van der Waals surface area contributed by atoms with Gasteiger partial charge in [0.25, 0.3) is 0 Å². The molecular weight excluding hydrogens is 602 g/mol. The molecule has 1 aliphatic heterocycles. The number of carboxylic acids is 1. The predicted molar refractivity (Wildman–Crippen MR) is 163 cm³/mol. The second-order valence-electron chi connectivity index (χ2n) is 11.6. The van der Waals surface area contributed by atoms with Crippen LogP contribution in [0.15, 0.2) is 66.7 Å². The Labute approximate surface area is 262 Å². The Morgan fingerprint density at radius 3 is 2.67 bits per heavy atom. The molecule has 0 saturated carbocycles. The summed E-state index contributed by atoms with van der Waals surface area (Å²) in [5.41, 5.74) is 2.12. The molecule has 1 fully saturated rings. The lowest BCUT2D eigenvalue weighted by molar-refractivity contribution is 0.0697. The van der Waals surface area contributed by atoms with Gasteiger partial charge in [-0.15, -0.1) is 0 Å². The smallest absolute Gasteiger partial charge is 0.335 e. The van der Waals surface area contributed by atoms with E-state index in [0.29, 0.717) is 46.2 Å². The quantitative estimate of drug-likeness (QED) is 0.191. The zero-order valence-corrected chi connectivity index (χ0v) is 25.1. The van der Waals surface area contributed by atoms with E-state index in [1.165, 1.54) is 12.1 Å². The van der Waals surface area contributed by atoms with Crippen LogP contribution < -0.4 is 4.74 Å². The average molecular weight is 629 g/mol. The van der Waals surface area contributed by atoms with Gasteiger partial charge >= 0.3 is 5.97 Å². The van der Waals surface area contributed by atoms with E-state index < -0.39 is 17.6 Å². The van der Waals surface area contributed by atoms with Crippen LogP contribution in [0.25, 0.3) is 22.3 Å². The Morgan fingerprint density at radius 1 is 1.11 bits per heavy atom. The minimum atomic E-state index is -1.07. The van der Waals surface area contributed by atoms with Crippen LogP contribution in [0.4, 0.5) is 8.78 Å². The second-order valence-corrected chi connectivity index (χ2v) is 12.0. The molecule has 8 nitrogen and oxygen atoms in total. The maximum atomic E-state index is 15.7. The molecule has 0 radical (unpaired) electrons. The normalized spacial score (nSPS) is 15.7. The first kappa shape index (κ1) is 30.2. The van der Waals surface area contributed by atoms with E-state index in [-0.39, 0.29) is 52.7 Å². The summed E-state index contributed by atoms with van der Waals surface area (Å²) in [6.07, 6.45) is -0.0361. The number of aromatic nitrogens is 3. The molecule has 1 atom stereocenters. The molecule has 0 bridgehead atoms. The molecule has 0 aliphatic carbocycles. The molecule has 1 saturated heterocycles. The summed E-state index contributed by atoms with van der Waals surface area (Å²) in [5, 5.41) is 19.4. The summed E-state index contributed by atoms with van der Waals surface area (Å²) in [6, 6.07) is 18.4. The minimum Gasteiger partial charge on any atom is -0.478 e. The summed E-state index contributed by atoms with van der Waals surface area (Å²) in [6.45, 7) is 4.98. The van der Waals surface area contributed by atoms with Crippen LogP contribution in [-0.4, -0.2) is 38.8 Å². The van der Waals surface area contributed by atoms with Crippen molar-refractivity contribution in [3.05, 3.63) is 111 Å². The fraction of sp³-hybridized carbons (Fsp3) is 0.235. The van der Waals surface area contributed by atoms with Gasteiger partial charge in [0.05, 0.1) is 53.2 Å². The highest BCUT2D eigenvalue weighted by Crippen LogP contribution is 2.40. The highest BCUT2D eigenvalue weighted by atomic mass is 35.5. The molecule has 45 heavy (non-hydrogen) atoms. The van der Waals surface area contributed by atoms with E-state index in [1.54, 1.807) is 42.5 Å². The minimum absolute atomic E-state index is 0.0318. The molecule has 228 valence electrons. The number of hydrogen-bond donors (Lipinski definition) is 1. The van der Waals surface area contributed by atoms with Gasteiger partial charge in [-0.2, -0.15) is 5.26 Å². The fourth-order valence-electron chi connectivity index (χ4n) is 5.59. The number of imidazole rings is 1. The van der Waals surface area contributed by atoms with E-state index in [9.17, 15) is 15.2 Å². The summed E-state index contributed by atoms with van der Waals surface area (Å²) >= 11 is 5.97. The van der Waals surface area contributed by atoms with Crippen molar-refractivity contribution in [3.63, 3.8) is 0 Å². The monoisotopic (exact) mass is 628 g/mol. The van der Waals surface area contributed by atoms with E-state index in [1.807, 2.05) is 18.4 Å². The van der Waals surface area contributed by atoms with Crippen LogP contribution in [0.5, 0.6) is 5.88 Å². The van der Waals surface area contributed by atoms with Gasteiger partial charge in [-0.3, -0.25) is 0 Å². The van der Waals surface area contributed by atoms with Crippen LogP contribution in [0.3, 0.4) is 0 Å². The molecule has 0 spiro atoms. The van der Waals surface area contributed by atoms with Crippen molar-refractivity contribution < 1.29 is 28.2 Å². The number of pyridine rings is 1. The van der Waals surface area contributed by atoms with Crippen molar-refractivity contribution in [1.29, 1.82) is 5.26 Å². The van der Waals surface area contributed by atoms with Gasteiger partial charge in [-0.05, 0) is 54.1 Å². The lowest BCUT2D eigenvalue weighted by Crippen LogP contribution is -2.27. The van der Waals surface area contributed by atoms with Crippen molar-refractivity contribution >= 4 is 28.6 Å². The van der Waals surface area contributed by atoms with Crippen LogP contribution in [0, 0.1) is 28.4 Å². The first-order valence-corrected chi connectivity index (χ1v) is 14.5. The van der Waals surface area contributed by atoms with Gasteiger partial charge in [0.1, 0.15) is 24.1 Å². The molecule has 5 aromatic rings. The number of halogens is 3. The highest BCUT2D eigenvalue weighted by molar-refractivity contribution is 6.30. The number of aromatic carboxylic acids is 1. The van der Waals surface area contributed by atoms with Gasteiger partial charge < -0.3 is 19.1 Å². The molecule has 0 amide bonds. The van der Waals surface area contributed by atoms with Crippen LogP contribution >= 0.6 is 11.6 Å². The number of rotatable bonds is 8. The Morgan fingerprint density at radius 2 is 1.93 bits per heavy atom. The molecule has 11 heteroatoms. The number of carbonyl (C=O) groups is 1. The Balaban J connectivity index is 1.31. The maximum Gasteiger partial charge on any atom is 0.335 e. The third kappa shape index (κ3) is 5.97. The lowest BCUT2D eigenvalue weighted by Gasteiger charge is -2.28. The summed E-state index contributed by atoms with van der Waals surface area (Å²) in [4.78, 5) is 20.8. The maximum absolute atomic E-state index is 15.7. The van der Waals surface area contributed by atoms with Crippen molar-refractivity contribution in [2.75, 3.05) is 13.2 Å². The van der Waals surface area contributed by atoms with Crippen molar-refractivity contribution in [3.8, 4) is 23.2 Å². The van der Waals surface area contributed by atoms with Crippen LogP contribution in [0.1, 0.15) is 52.8 Å². The van der Waals surface area contributed by atoms with Gasteiger partial charge in [0.2, 0.25) is 5.88 Å². The van der Waals surface area contributed by atoms with E-state index in [4.69, 9.17) is 26.1 Å². The Kier molecular flexibility index (Phi) is 7.99. The molecule has 2 aromatic heterocycles. The third-order valence-electron chi connectivity index (χ3n) is 8.03. The van der Waals surface area contributed by atoms with Crippen molar-refractivity contribution in [2.45, 2.75) is 32.9 Å².